The number of nitrogens with one attached hydrogen (secondary N) is 1. The van der Waals surface area contributed by atoms with Crippen molar-refractivity contribution >= 4 is 11.6 Å². The van der Waals surface area contributed by atoms with Gasteiger partial charge in [-0.15, -0.1) is 0 Å². The number of aromatic nitrogens is 2. The first kappa shape index (κ1) is 15.0. The predicted molar refractivity (Wildman–Crippen MR) is 69.9 cm³/mol. The second-order valence-electron chi connectivity index (χ2n) is 4.07. The largest absolute Gasteiger partial charge is 0.393 e. The Morgan fingerprint density at radius 2 is 2.16 bits per heavy atom. The number of carbonyl (C=O) groups is 1. The smallest absolute Gasteiger partial charge is 0.331 e. The molecule has 1 aromatic rings. The van der Waals surface area contributed by atoms with Gasteiger partial charge in [-0.3, -0.25) is 9.59 Å². The number of methoxy groups -OCH3 is 1. The third-order valence-corrected chi connectivity index (χ3v) is 2.51. The minimum absolute atomic E-state index is 0.0747. The lowest BCUT2D eigenvalue weighted by Crippen LogP contribution is -2.43. The van der Waals surface area contributed by atoms with Crippen LogP contribution in [0.15, 0.2) is 15.8 Å². The molecular weight excluding hydrogens is 252 g/mol. The van der Waals surface area contributed by atoms with Crippen molar-refractivity contribution in [2.24, 2.45) is 7.05 Å². The summed E-state index contributed by atoms with van der Waals surface area (Å²) in [4.78, 5) is 35.0. The van der Waals surface area contributed by atoms with E-state index >= 15 is 0 Å². The van der Waals surface area contributed by atoms with Gasteiger partial charge in [0.1, 0.15) is 12.2 Å². The first-order chi connectivity index (χ1) is 8.97. The minimum atomic E-state index is -0.657. The standard InChI is InChI=1S/C11H18N4O4/c1-14-6-8(12)10(17)15(11(14)18)7-9(16)13-4-3-5-19-2/h6H,3-5,7,12H2,1-2H3,(H,13,16). The quantitative estimate of drug-likeness (QED) is 0.598. The van der Waals surface area contributed by atoms with Gasteiger partial charge in [0.2, 0.25) is 5.91 Å². The zero-order chi connectivity index (χ0) is 14.4. The van der Waals surface area contributed by atoms with Crippen molar-refractivity contribution in [3.63, 3.8) is 0 Å². The molecule has 0 unspecified atom stereocenters. The molecule has 8 nitrogen and oxygen atoms in total. The molecule has 0 saturated carbocycles. The lowest BCUT2D eigenvalue weighted by atomic mass is 10.4. The molecule has 0 radical (unpaired) electrons. The average molecular weight is 270 g/mol. The number of amides is 1. The molecule has 0 atom stereocenters. The van der Waals surface area contributed by atoms with Crippen molar-refractivity contribution in [2.75, 3.05) is 26.0 Å². The summed E-state index contributed by atoms with van der Waals surface area (Å²) in [6.45, 7) is 0.605. The molecule has 1 heterocycles. The summed E-state index contributed by atoms with van der Waals surface area (Å²) >= 11 is 0. The number of ether oxygens (including phenoxy) is 1. The molecule has 106 valence electrons. The van der Waals surface area contributed by atoms with Gasteiger partial charge in [0.05, 0.1) is 0 Å². The highest BCUT2D eigenvalue weighted by Crippen LogP contribution is 1.87. The molecule has 1 aromatic heterocycles. The van der Waals surface area contributed by atoms with Crippen LogP contribution in [0.5, 0.6) is 0 Å². The third kappa shape index (κ3) is 3.95. The molecule has 0 spiro atoms. The lowest BCUT2D eigenvalue weighted by Gasteiger charge is -2.08. The Morgan fingerprint density at radius 1 is 1.47 bits per heavy atom. The maximum Gasteiger partial charge on any atom is 0.331 e. The van der Waals surface area contributed by atoms with Gasteiger partial charge in [0.15, 0.2) is 0 Å². The fourth-order valence-corrected chi connectivity index (χ4v) is 1.54. The van der Waals surface area contributed by atoms with E-state index in [1.165, 1.54) is 13.2 Å². The fourth-order valence-electron chi connectivity index (χ4n) is 1.54. The van der Waals surface area contributed by atoms with Crippen molar-refractivity contribution in [3.8, 4) is 0 Å². The highest BCUT2D eigenvalue weighted by molar-refractivity contribution is 5.75. The molecule has 19 heavy (non-hydrogen) atoms. The van der Waals surface area contributed by atoms with Crippen LogP contribution in [0.25, 0.3) is 0 Å². The van der Waals surface area contributed by atoms with Gasteiger partial charge in [0.25, 0.3) is 5.56 Å². The molecule has 0 aliphatic carbocycles. The van der Waals surface area contributed by atoms with Gasteiger partial charge in [-0.25, -0.2) is 9.36 Å². The first-order valence-corrected chi connectivity index (χ1v) is 5.79. The van der Waals surface area contributed by atoms with Crippen LogP contribution in [0.3, 0.4) is 0 Å². The molecule has 1 rings (SSSR count). The summed E-state index contributed by atoms with van der Waals surface area (Å²) in [6, 6.07) is 0. The fraction of sp³-hybridized carbons (Fsp3) is 0.545. The van der Waals surface area contributed by atoms with Crippen LogP contribution in [0.1, 0.15) is 6.42 Å². The van der Waals surface area contributed by atoms with Crippen molar-refractivity contribution in [3.05, 3.63) is 27.0 Å². The molecule has 0 aromatic carbocycles. The van der Waals surface area contributed by atoms with E-state index < -0.39 is 17.2 Å². The van der Waals surface area contributed by atoms with Crippen molar-refractivity contribution in [2.45, 2.75) is 13.0 Å². The molecular formula is C11H18N4O4. The summed E-state index contributed by atoms with van der Waals surface area (Å²) in [5.74, 6) is -0.416. The number of aryl methyl sites for hydroxylation is 1. The van der Waals surface area contributed by atoms with E-state index in [2.05, 4.69) is 5.32 Å². The number of nitrogens with two attached hydrogens (primary N) is 1. The van der Waals surface area contributed by atoms with E-state index in [9.17, 15) is 14.4 Å². The Labute approximate surface area is 109 Å². The van der Waals surface area contributed by atoms with Crippen LogP contribution in [-0.2, 0) is 23.1 Å². The van der Waals surface area contributed by atoms with Crippen LogP contribution >= 0.6 is 0 Å². The second kappa shape index (κ2) is 6.74. The highest BCUT2D eigenvalue weighted by atomic mass is 16.5. The van der Waals surface area contributed by atoms with Crippen molar-refractivity contribution in [1.82, 2.24) is 14.5 Å². The normalized spacial score (nSPS) is 10.4. The molecule has 0 aliphatic rings. The summed E-state index contributed by atoms with van der Waals surface area (Å²) < 4.78 is 6.80. The van der Waals surface area contributed by atoms with E-state index in [1.54, 1.807) is 7.11 Å². The topological polar surface area (TPSA) is 108 Å². The number of nitrogen functional groups attached to an aromatic ring is 1. The van der Waals surface area contributed by atoms with E-state index in [0.29, 0.717) is 19.6 Å². The van der Waals surface area contributed by atoms with E-state index in [-0.39, 0.29) is 12.2 Å². The Hall–Kier alpha value is -2.09. The Kier molecular flexibility index (Phi) is 5.31. The van der Waals surface area contributed by atoms with Crippen LogP contribution in [0.2, 0.25) is 0 Å². The monoisotopic (exact) mass is 270 g/mol. The van der Waals surface area contributed by atoms with Crippen LogP contribution in [-0.4, -0.2) is 35.3 Å². The van der Waals surface area contributed by atoms with E-state index in [1.807, 2.05) is 0 Å². The number of hydrogen-bond acceptors (Lipinski definition) is 5. The van der Waals surface area contributed by atoms with Crippen LogP contribution < -0.4 is 22.3 Å². The van der Waals surface area contributed by atoms with E-state index in [4.69, 9.17) is 10.5 Å². The average Bonchev–Trinajstić information content (AvgIpc) is 2.37. The van der Waals surface area contributed by atoms with Gasteiger partial charge in [-0.1, -0.05) is 0 Å². The third-order valence-electron chi connectivity index (χ3n) is 2.51. The minimum Gasteiger partial charge on any atom is -0.393 e. The van der Waals surface area contributed by atoms with Gasteiger partial charge < -0.3 is 20.4 Å². The van der Waals surface area contributed by atoms with E-state index in [0.717, 1.165) is 9.13 Å². The van der Waals surface area contributed by atoms with Crippen molar-refractivity contribution < 1.29 is 9.53 Å². The summed E-state index contributed by atoms with van der Waals surface area (Å²) in [5.41, 5.74) is 4.15. The molecule has 0 saturated heterocycles. The Bertz CT molecular complexity index is 527. The number of anilines is 1. The van der Waals surface area contributed by atoms with Gasteiger partial charge in [0, 0.05) is 33.5 Å². The second-order valence-corrected chi connectivity index (χ2v) is 4.07. The lowest BCUT2D eigenvalue weighted by molar-refractivity contribution is -0.121. The zero-order valence-electron chi connectivity index (χ0n) is 11.0. The first-order valence-electron chi connectivity index (χ1n) is 5.79. The summed E-state index contributed by atoms with van der Waals surface area (Å²) in [5, 5.41) is 2.59. The highest BCUT2D eigenvalue weighted by Gasteiger charge is 2.11. The maximum atomic E-state index is 11.7. The van der Waals surface area contributed by atoms with Gasteiger partial charge >= 0.3 is 5.69 Å². The molecule has 0 aliphatic heterocycles. The maximum absolute atomic E-state index is 11.7. The van der Waals surface area contributed by atoms with Crippen LogP contribution in [0.4, 0.5) is 5.69 Å². The SMILES string of the molecule is COCCCNC(=O)Cn1c(=O)c(N)cn(C)c1=O. The van der Waals surface area contributed by atoms with Crippen LogP contribution in [0, 0.1) is 0 Å². The molecule has 0 bridgehead atoms. The number of rotatable bonds is 6. The molecule has 1 amide bonds. The Balaban J connectivity index is 2.75. The predicted octanol–water partition coefficient (Wildman–Crippen LogP) is -1.72. The number of carbonyl (C=O) groups excluding carboxylic acids is 1. The number of hydrogen-bond donors (Lipinski definition) is 2. The summed E-state index contributed by atoms with van der Waals surface area (Å²) in [6.07, 6.45) is 1.89. The molecule has 8 heteroatoms. The summed E-state index contributed by atoms with van der Waals surface area (Å²) in [7, 11) is 3.03. The Morgan fingerprint density at radius 3 is 2.79 bits per heavy atom. The van der Waals surface area contributed by atoms with Crippen molar-refractivity contribution in [1.29, 1.82) is 0 Å². The van der Waals surface area contributed by atoms with Gasteiger partial charge in [-0.2, -0.15) is 0 Å². The van der Waals surface area contributed by atoms with Gasteiger partial charge in [-0.05, 0) is 6.42 Å². The zero-order valence-corrected chi connectivity index (χ0v) is 11.0. The molecule has 3 N–H and O–H groups in total. The number of nitrogens with zero attached hydrogens (tertiary/aromatic N) is 2. The molecule has 0 fully saturated rings.